The van der Waals surface area contributed by atoms with Crippen LogP contribution in [0.3, 0.4) is 0 Å². The van der Waals surface area contributed by atoms with Crippen LogP contribution in [0.4, 0.5) is 11.4 Å². The number of nitrogens with zero attached hydrogens (tertiary/aromatic N) is 4. The standard InChI is InChI=1S/C29H27N7O/c1-4-5-28(37)34-23-12-22(14-31-15-23)21-6-7-26-24(13-21)29(36-35-26)19(3)33-27-17-32-16-25(18(27)2)20-8-10-30-11-9-20/h6-17,33H,3-5H2,1-2H3,(H,34,37)(H,35,36). The van der Waals surface area contributed by atoms with Crippen LogP contribution in [-0.4, -0.2) is 31.1 Å². The number of rotatable bonds is 8. The molecule has 184 valence electrons. The van der Waals surface area contributed by atoms with Crippen molar-refractivity contribution < 1.29 is 4.79 Å². The summed E-state index contributed by atoms with van der Waals surface area (Å²) in [6, 6.07) is 11.9. The summed E-state index contributed by atoms with van der Waals surface area (Å²) in [7, 11) is 0. The summed E-state index contributed by atoms with van der Waals surface area (Å²) in [5.41, 5.74) is 8.76. The lowest BCUT2D eigenvalue weighted by Gasteiger charge is -2.14. The lowest BCUT2D eigenvalue weighted by Crippen LogP contribution is -2.10. The van der Waals surface area contributed by atoms with Crippen LogP contribution in [0.2, 0.25) is 0 Å². The van der Waals surface area contributed by atoms with Gasteiger partial charge in [0.2, 0.25) is 5.91 Å². The first kappa shape index (κ1) is 23.9. The van der Waals surface area contributed by atoms with Gasteiger partial charge in [0, 0.05) is 47.7 Å². The fourth-order valence-electron chi connectivity index (χ4n) is 4.24. The van der Waals surface area contributed by atoms with E-state index in [9.17, 15) is 4.79 Å². The number of anilines is 2. The van der Waals surface area contributed by atoms with Gasteiger partial charge in [0.05, 0.1) is 35.0 Å². The molecule has 0 saturated carbocycles. The summed E-state index contributed by atoms with van der Waals surface area (Å²) in [6.45, 7) is 8.29. The smallest absolute Gasteiger partial charge is 0.224 e. The molecule has 1 aromatic carbocycles. The van der Waals surface area contributed by atoms with E-state index in [-0.39, 0.29) is 5.91 Å². The van der Waals surface area contributed by atoms with Crippen molar-refractivity contribution in [1.82, 2.24) is 25.1 Å². The van der Waals surface area contributed by atoms with Gasteiger partial charge >= 0.3 is 0 Å². The molecule has 4 aromatic heterocycles. The second-order valence-electron chi connectivity index (χ2n) is 8.79. The molecular formula is C29H27N7O. The third-order valence-electron chi connectivity index (χ3n) is 6.17. The predicted molar refractivity (Wildman–Crippen MR) is 148 cm³/mol. The van der Waals surface area contributed by atoms with Gasteiger partial charge in [-0.2, -0.15) is 5.10 Å². The highest BCUT2D eigenvalue weighted by molar-refractivity contribution is 5.96. The second-order valence-corrected chi connectivity index (χ2v) is 8.79. The molecule has 0 radical (unpaired) electrons. The Labute approximate surface area is 214 Å². The van der Waals surface area contributed by atoms with Crippen LogP contribution in [0.5, 0.6) is 0 Å². The van der Waals surface area contributed by atoms with Crippen molar-refractivity contribution in [1.29, 1.82) is 0 Å². The van der Waals surface area contributed by atoms with Gasteiger partial charge in [0.25, 0.3) is 0 Å². The van der Waals surface area contributed by atoms with Gasteiger partial charge in [-0.15, -0.1) is 0 Å². The Balaban J connectivity index is 1.43. The van der Waals surface area contributed by atoms with Crippen LogP contribution >= 0.6 is 0 Å². The van der Waals surface area contributed by atoms with Crippen molar-refractivity contribution in [3.8, 4) is 22.3 Å². The molecule has 0 aliphatic rings. The summed E-state index contributed by atoms with van der Waals surface area (Å²) < 4.78 is 0. The Hall–Kier alpha value is -4.85. The lowest BCUT2D eigenvalue weighted by atomic mass is 10.0. The second kappa shape index (κ2) is 10.4. The minimum absolute atomic E-state index is 0.0193. The summed E-state index contributed by atoms with van der Waals surface area (Å²) in [4.78, 5) is 24.9. The lowest BCUT2D eigenvalue weighted by molar-refractivity contribution is -0.116. The number of aromatic nitrogens is 5. The van der Waals surface area contributed by atoms with Crippen LogP contribution in [0.25, 0.3) is 38.9 Å². The number of H-pyrrole nitrogens is 1. The molecule has 37 heavy (non-hydrogen) atoms. The van der Waals surface area contributed by atoms with E-state index in [1.165, 1.54) is 0 Å². The topological polar surface area (TPSA) is 108 Å². The van der Waals surface area contributed by atoms with E-state index in [1.807, 2.05) is 56.4 Å². The molecule has 0 aliphatic carbocycles. The number of benzene rings is 1. The number of fused-ring (bicyclic) bond motifs is 1. The van der Waals surface area contributed by atoms with Gasteiger partial charge < -0.3 is 10.6 Å². The zero-order valence-electron chi connectivity index (χ0n) is 20.7. The highest BCUT2D eigenvalue weighted by atomic mass is 16.1. The summed E-state index contributed by atoms with van der Waals surface area (Å²) in [5.74, 6) is -0.0193. The zero-order valence-corrected chi connectivity index (χ0v) is 20.7. The minimum Gasteiger partial charge on any atom is -0.353 e. The largest absolute Gasteiger partial charge is 0.353 e. The van der Waals surface area contributed by atoms with Crippen molar-refractivity contribution in [3.05, 3.63) is 91.4 Å². The van der Waals surface area contributed by atoms with Crippen LogP contribution < -0.4 is 10.6 Å². The van der Waals surface area contributed by atoms with E-state index in [0.717, 1.165) is 50.8 Å². The molecule has 0 aliphatic heterocycles. The van der Waals surface area contributed by atoms with E-state index in [4.69, 9.17) is 0 Å². The third kappa shape index (κ3) is 5.08. The number of hydrogen-bond acceptors (Lipinski definition) is 6. The molecule has 0 atom stereocenters. The van der Waals surface area contributed by atoms with E-state index in [0.29, 0.717) is 23.5 Å². The van der Waals surface area contributed by atoms with Gasteiger partial charge in [0.1, 0.15) is 5.69 Å². The minimum atomic E-state index is -0.0193. The average molecular weight is 490 g/mol. The SMILES string of the molecule is C=C(Nc1cncc(-c2ccncc2)c1C)c1n[nH]c2ccc(-c3cncc(NC(=O)CCC)c3)cc12. The molecule has 3 N–H and O–H groups in total. The number of carbonyl (C=O) groups excluding carboxylic acids is 1. The van der Waals surface area contributed by atoms with Crippen molar-refractivity contribution in [2.45, 2.75) is 26.7 Å². The maximum absolute atomic E-state index is 12.0. The normalized spacial score (nSPS) is 10.9. The quantitative estimate of drug-likeness (QED) is 0.239. The molecule has 0 fully saturated rings. The van der Waals surface area contributed by atoms with E-state index in [2.05, 4.69) is 42.4 Å². The molecule has 0 unspecified atom stereocenters. The van der Waals surface area contributed by atoms with Gasteiger partial charge in [-0.05, 0) is 60.4 Å². The molecule has 5 aromatic rings. The van der Waals surface area contributed by atoms with Gasteiger partial charge in [-0.25, -0.2) is 0 Å². The fourth-order valence-corrected chi connectivity index (χ4v) is 4.24. The van der Waals surface area contributed by atoms with E-state index >= 15 is 0 Å². The number of pyridine rings is 3. The maximum Gasteiger partial charge on any atom is 0.224 e. The number of carbonyl (C=O) groups is 1. The van der Waals surface area contributed by atoms with Crippen LogP contribution in [-0.2, 0) is 4.79 Å². The van der Waals surface area contributed by atoms with Crippen molar-refractivity contribution in [3.63, 3.8) is 0 Å². The first-order valence-corrected chi connectivity index (χ1v) is 12.1. The number of amides is 1. The first-order valence-electron chi connectivity index (χ1n) is 12.1. The van der Waals surface area contributed by atoms with Crippen molar-refractivity contribution in [2.75, 3.05) is 10.6 Å². The monoisotopic (exact) mass is 489 g/mol. The molecule has 0 bridgehead atoms. The van der Waals surface area contributed by atoms with E-state index < -0.39 is 0 Å². The van der Waals surface area contributed by atoms with Crippen LogP contribution in [0, 0.1) is 6.92 Å². The van der Waals surface area contributed by atoms with Crippen molar-refractivity contribution in [2.24, 2.45) is 0 Å². The zero-order chi connectivity index (χ0) is 25.8. The average Bonchev–Trinajstić information content (AvgIpc) is 3.34. The van der Waals surface area contributed by atoms with Gasteiger partial charge in [-0.3, -0.25) is 24.8 Å². The Kier molecular flexibility index (Phi) is 6.72. The van der Waals surface area contributed by atoms with Gasteiger partial charge in [-0.1, -0.05) is 19.6 Å². The Morgan fingerprint density at radius 3 is 2.54 bits per heavy atom. The maximum atomic E-state index is 12.0. The summed E-state index contributed by atoms with van der Waals surface area (Å²) >= 11 is 0. The fraction of sp³-hybridized carbons (Fsp3) is 0.138. The Bertz CT molecular complexity index is 1590. The Morgan fingerprint density at radius 2 is 1.73 bits per heavy atom. The number of nitrogens with one attached hydrogen (secondary N) is 3. The van der Waals surface area contributed by atoms with Crippen LogP contribution in [0.1, 0.15) is 31.0 Å². The molecule has 0 spiro atoms. The molecule has 8 heteroatoms. The molecule has 5 rings (SSSR count). The third-order valence-corrected chi connectivity index (χ3v) is 6.17. The summed E-state index contributed by atoms with van der Waals surface area (Å²) in [5, 5.41) is 14.9. The Morgan fingerprint density at radius 1 is 0.919 bits per heavy atom. The molecule has 4 heterocycles. The molecule has 8 nitrogen and oxygen atoms in total. The summed E-state index contributed by atoms with van der Waals surface area (Å²) in [6.07, 6.45) is 11.9. The van der Waals surface area contributed by atoms with E-state index in [1.54, 1.807) is 31.0 Å². The first-order chi connectivity index (χ1) is 18.0. The molecule has 1 amide bonds. The van der Waals surface area contributed by atoms with Gasteiger partial charge in [0.15, 0.2) is 0 Å². The number of hydrogen-bond donors (Lipinski definition) is 3. The number of aromatic amines is 1. The molecule has 0 saturated heterocycles. The van der Waals surface area contributed by atoms with Crippen molar-refractivity contribution >= 4 is 33.9 Å². The molecular weight excluding hydrogens is 462 g/mol. The van der Waals surface area contributed by atoms with Crippen LogP contribution in [0.15, 0.2) is 80.2 Å². The highest BCUT2D eigenvalue weighted by Gasteiger charge is 2.14. The predicted octanol–water partition coefficient (Wildman–Crippen LogP) is 6.21. The highest BCUT2D eigenvalue weighted by Crippen LogP contribution is 2.32.